The Morgan fingerprint density at radius 3 is 2.44 bits per heavy atom. The molecule has 0 aromatic heterocycles. The van der Waals surface area contributed by atoms with E-state index in [-0.39, 0.29) is 0 Å². The van der Waals surface area contributed by atoms with Gasteiger partial charge in [0.15, 0.2) is 0 Å². The highest BCUT2D eigenvalue weighted by atomic mass is 19.4. The van der Waals surface area contributed by atoms with E-state index in [1.807, 2.05) is 0 Å². The lowest BCUT2D eigenvalue weighted by molar-refractivity contribution is -0.135. The smallest absolute Gasteiger partial charge is 0.405 e. The van der Waals surface area contributed by atoms with E-state index in [9.17, 15) is 18.0 Å². The fourth-order valence-electron chi connectivity index (χ4n) is 1.13. The van der Waals surface area contributed by atoms with Crippen molar-refractivity contribution in [2.45, 2.75) is 6.18 Å². The van der Waals surface area contributed by atoms with Crippen molar-refractivity contribution in [1.29, 1.82) is 0 Å². The summed E-state index contributed by atoms with van der Waals surface area (Å²) in [7, 11) is 1.52. The van der Waals surface area contributed by atoms with Gasteiger partial charge in [0.2, 0.25) is 5.91 Å². The third kappa shape index (κ3) is 5.38. The quantitative estimate of drug-likeness (QED) is 0.843. The second-order valence-electron chi connectivity index (χ2n) is 3.44. The van der Waals surface area contributed by atoms with Crippen molar-refractivity contribution in [3.63, 3.8) is 0 Å². The van der Waals surface area contributed by atoms with Crippen molar-refractivity contribution in [2.24, 2.45) is 0 Å². The second kappa shape index (κ2) is 6.09. The van der Waals surface area contributed by atoms with Gasteiger partial charge >= 0.3 is 6.18 Å². The molecular weight excluding hydrogens is 247 g/mol. The summed E-state index contributed by atoms with van der Waals surface area (Å²) in [5.74, 6) is -0.128. The maximum absolute atomic E-state index is 11.8. The molecular formula is C12H12F3NO2. The number of methoxy groups -OCH3 is 1. The van der Waals surface area contributed by atoms with Crippen molar-refractivity contribution in [3.8, 4) is 5.75 Å². The normalized spacial score (nSPS) is 11.6. The van der Waals surface area contributed by atoms with Crippen LogP contribution in [0.1, 0.15) is 5.56 Å². The number of nitrogens with one attached hydrogen (secondary N) is 1. The van der Waals surface area contributed by atoms with E-state index in [0.29, 0.717) is 11.3 Å². The summed E-state index contributed by atoms with van der Waals surface area (Å²) in [6.07, 6.45) is -1.93. The van der Waals surface area contributed by atoms with Gasteiger partial charge in [-0.1, -0.05) is 12.1 Å². The molecule has 6 heteroatoms. The molecule has 0 aliphatic carbocycles. The molecule has 0 bridgehead atoms. The van der Waals surface area contributed by atoms with Gasteiger partial charge in [0, 0.05) is 6.08 Å². The first kappa shape index (κ1) is 14.1. The van der Waals surface area contributed by atoms with Crippen molar-refractivity contribution in [2.75, 3.05) is 13.7 Å². The maximum Gasteiger partial charge on any atom is 0.405 e. The van der Waals surface area contributed by atoms with E-state index in [2.05, 4.69) is 0 Å². The predicted octanol–water partition coefficient (Wildman–Crippen LogP) is 2.39. The van der Waals surface area contributed by atoms with Crippen molar-refractivity contribution < 1.29 is 22.7 Å². The van der Waals surface area contributed by atoms with Crippen LogP contribution in [-0.4, -0.2) is 25.7 Å². The molecule has 0 aliphatic heterocycles. The first-order chi connectivity index (χ1) is 8.40. The summed E-state index contributed by atoms with van der Waals surface area (Å²) >= 11 is 0. The lowest BCUT2D eigenvalue weighted by Gasteiger charge is -2.05. The molecule has 3 nitrogen and oxygen atoms in total. The first-order valence-corrected chi connectivity index (χ1v) is 5.07. The molecule has 0 heterocycles. The highest BCUT2D eigenvalue weighted by Crippen LogP contribution is 2.13. The largest absolute Gasteiger partial charge is 0.497 e. The molecule has 18 heavy (non-hydrogen) atoms. The zero-order chi connectivity index (χ0) is 13.6. The van der Waals surface area contributed by atoms with Crippen LogP contribution in [0.4, 0.5) is 13.2 Å². The SMILES string of the molecule is COc1ccc(/C=C\C(=O)NCC(F)(F)F)cc1. The molecule has 0 saturated heterocycles. The minimum absolute atomic E-state index is 0.661. The highest BCUT2D eigenvalue weighted by Gasteiger charge is 2.27. The van der Waals surface area contributed by atoms with Gasteiger partial charge in [-0.2, -0.15) is 13.2 Å². The molecule has 0 atom stereocenters. The van der Waals surface area contributed by atoms with E-state index in [1.54, 1.807) is 29.6 Å². The van der Waals surface area contributed by atoms with E-state index >= 15 is 0 Å². The van der Waals surface area contributed by atoms with Gasteiger partial charge in [-0.15, -0.1) is 0 Å². The van der Waals surface area contributed by atoms with Crippen molar-refractivity contribution in [3.05, 3.63) is 35.9 Å². The second-order valence-corrected chi connectivity index (χ2v) is 3.44. The topological polar surface area (TPSA) is 38.3 Å². The average Bonchev–Trinajstić information content (AvgIpc) is 2.33. The maximum atomic E-state index is 11.8. The van der Waals surface area contributed by atoms with Gasteiger partial charge < -0.3 is 10.1 Å². The Kier molecular flexibility index (Phi) is 4.76. The van der Waals surface area contributed by atoms with Gasteiger partial charge in [0.05, 0.1) is 7.11 Å². The molecule has 0 spiro atoms. The molecule has 0 fully saturated rings. The van der Waals surface area contributed by atoms with E-state index in [1.165, 1.54) is 13.2 Å². The summed E-state index contributed by atoms with van der Waals surface area (Å²) in [4.78, 5) is 11.1. The van der Waals surface area contributed by atoms with Crippen LogP contribution in [0, 0.1) is 0 Å². The molecule has 1 aromatic carbocycles. The third-order valence-electron chi connectivity index (χ3n) is 2.01. The zero-order valence-electron chi connectivity index (χ0n) is 9.62. The summed E-state index contributed by atoms with van der Waals surface area (Å²) in [6, 6.07) is 6.75. The number of carbonyl (C=O) groups is 1. The van der Waals surface area contributed by atoms with E-state index in [0.717, 1.165) is 6.08 Å². The number of halogens is 3. The summed E-state index contributed by atoms with van der Waals surface area (Å²) in [6.45, 7) is -1.33. The molecule has 0 radical (unpaired) electrons. The van der Waals surface area contributed by atoms with Crippen molar-refractivity contribution in [1.82, 2.24) is 5.32 Å². The van der Waals surface area contributed by atoms with Gasteiger partial charge in [-0.3, -0.25) is 4.79 Å². The van der Waals surface area contributed by atoms with Gasteiger partial charge in [0.1, 0.15) is 12.3 Å². The lowest BCUT2D eigenvalue weighted by Crippen LogP contribution is -2.32. The molecule has 0 saturated carbocycles. The predicted molar refractivity (Wildman–Crippen MR) is 61.1 cm³/mol. The van der Waals surface area contributed by atoms with Gasteiger partial charge in [-0.25, -0.2) is 0 Å². The Hall–Kier alpha value is -1.98. The number of hydrogen-bond donors (Lipinski definition) is 1. The number of benzene rings is 1. The summed E-state index contributed by atoms with van der Waals surface area (Å²) < 4.78 is 40.4. The Morgan fingerprint density at radius 1 is 1.33 bits per heavy atom. The number of rotatable bonds is 4. The molecule has 0 unspecified atom stereocenters. The third-order valence-corrected chi connectivity index (χ3v) is 2.01. The number of carbonyl (C=O) groups excluding carboxylic acids is 1. The van der Waals surface area contributed by atoms with Crippen LogP contribution in [0.3, 0.4) is 0 Å². The Balaban J connectivity index is 2.50. The van der Waals surface area contributed by atoms with Crippen LogP contribution in [0.15, 0.2) is 30.3 Å². The van der Waals surface area contributed by atoms with E-state index in [4.69, 9.17) is 4.74 Å². The molecule has 1 N–H and O–H groups in total. The fraction of sp³-hybridized carbons (Fsp3) is 0.250. The Morgan fingerprint density at radius 2 is 1.94 bits per heavy atom. The summed E-state index contributed by atoms with van der Waals surface area (Å²) in [5.41, 5.74) is 0.693. The Labute approximate surface area is 102 Å². The number of alkyl halides is 3. The van der Waals surface area contributed by atoms with Crippen LogP contribution in [0.2, 0.25) is 0 Å². The minimum atomic E-state index is -4.40. The lowest BCUT2D eigenvalue weighted by atomic mass is 10.2. The average molecular weight is 259 g/mol. The highest BCUT2D eigenvalue weighted by molar-refractivity contribution is 5.91. The minimum Gasteiger partial charge on any atom is -0.497 e. The molecule has 98 valence electrons. The summed E-state index contributed by atoms with van der Waals surface area (Å²) in [5, 5.41) is 1.74. The van der Waals surface area contributed by atoms with Crippen LogP contribution in [0.25, 0.3) is 6.08 Å². The molecule has 1 rings (SSSR count). The van der Waals surface area contributed by atoms with Crippen molar-refractivity contribution >= 4 is 12.0 Å². The Bertz CT molecular complexity index is 424. The van der Waals surface area contributed by atoms with Crippen LogP contribution in [-0.2, 0) is 4.79 Å². The number of amides is 1. The monoisotopic (exact) mass is 259 g/mol. The van der Waals surface area contributed by atoms with Crippen LogP contribution in [0.5, 0.6) is 5.75 Å². The number of hydrogen-bond acceptors (Lipinski definition) is 2. The standard InChI is InChI=1S/C12H12F3NO2/c1-18-10-5-2-9(3-6-10)4-7-11(17)16-8-12(13,14)15/h2-7H,8H2,1H3,(H,16,17)/b7-4-. The van der Waals surface area contributed by atoms with Gasteiger partial charge in [-0.05, 0) is 23.8 Å². The molecule has 1 amide bonds. The van der Waals surface area contributed by atoms with Gasteiger partial charge in [0.25, 0.3) is 0 Å². The number of ether oxygens (including phenoxy) is 1. The van der Waals surface area contributed by atoms with E-state index < -0.39 is 18.6 Å². The molecule has 0 aliphatic rings. The first-order valence-electron chi connectivity index (χ1n) is 5.07. The zero-order valence-corrected chi connectivity index (χ0v) is 9.62. The van der Waals surface area contributed by atoms with Crippen LogP contribution < -0.4 is 10.1 Å². The van der Waals surface area contributed by atoms with Crippen LogP contribution >= 0.6 is 0 Å². The fourth-order valence-corrected chi connectivity index (χ4v) is 1.13. The molecule has 1 aromatic rings.